The van der Waals surface area contributed by atoms with E-state index in [0.717, 1.165) is 0 Å². The van der Waals surface area contributed by atoms with Crippen molar-refractivity contribution in [3.8, 4) is 17.1 Å². The van der Waals surface area contributed by atoms with E-state index in [1.807, 2.05) is 0 Å². The zero-order valence-corrected chi connectivity index (χ0v) is 9.62. The Balaban J connectivity index is 2.46. The van der Waals surface area contributed by atoms with Gasteiger partial charge in [-0.3, -0.25) is 10.1 Å². The quantitative estimate of drug-likeness (QED) is 0.664. The van der Waals surface area contributed by atoms with E-state index in [2.05, 4.69) is 0 Å². The minimum absolute atomic E-state index is 0.128. The van der Waals surface area contributed by atoms with Crippen molar-refractivity contribution in [3.63, 3.8) is 0 Å². The summed E-state index contributed by atoms with van der Waals surface area (Å²) < 4.78 is 10.2. The highest BCUT2D eigenvalue weighted by molar-refractivity contribution is 5.65. The Hall–Kier alpha value is -2.34. The largest absolute Gasteiger partial charge is 0.490 e. The average molecular weight is 249 g/mol. The lowest BCUT2D eigenvalue weighted by Gasteiger charge is -2.03. The molecule has 1 N–H and O–H groups in total. The monoisotopic (exact) mass is 249 g/mol. The molecule has 18 heavy (non-hydrogen) atoms. The van der Waals surface area contributed by atoms with Gasteiger partial charge in [0.1, 0.15) is 18.1 Å². The number of ether oxygens (including phenoxy) is 1. The summed E-state index contributed by atoms with van der Waals surface area (Å²) in [4.78, 5) is 10.4. The van der Waals surface area contributed by atoms with Crippen LogP contribution < -0.4 is 4.74 Å². The van der Waals surface area contributed by atoms with Crippen molar-refractivity contribution in [2.24, 2.45) is 0 Å². The van der Waals surface area contributed by atoms with Gasteiger partial charge >= 0.3 is 5.69 Å². The van der Waals surface area contributed by atoms with Gasteiger partial charge in [-0.05, 0) is 24.3 Å². The number of aliphatic hydroxyl groups is 1. The Labute approximate surface area is 103 Å². The Morgan fingerprint density at radius 1 is 1.39 bits per heavy atom. The van der Waals surface area contributed by atoms with E-state index < -0.39 is 4.92 Å². The lowest BCUT2D eigenvalue weighted by atomic mass is 10.1. The van der Waals surface area contributed by atoms with E-state index in [4.69, 9.17) is 14.3 Å². The maximum absolute atomic E-state index is 10.9. The van der Waals surface area contributed by atoms with Crippen LogP contribution in [0.3, 0.4) is 0 Å². The smallest absolute Gasteiger partial charge is 0.311 e. The van der Waals surface area contributed by atoms with E-state index in [0.29, 0.717) is 17.1 Å². The average Bonchev–Trinajstić information content (AvgIpc) is 2.86. The summed E-state index contributed by atoms with van der Waals surface area (Å²) in [5, 5.41) is 19.8. The van der Waals surface area contributed by atoms with Crippen molar-refractivity contribution in [1.29, 1.82) is 0 Å². The molecule has 0 spiro atoms. The van der Waals surface area contributed by atoms with E-state index in [9.17, 15) is 10.1 Å². The van der Waals surface area contributed by atoms with Gasteiger partial charge in [0.05, 0.1) is 12.0 Å². The van der Waals surface area contributed by atoms with E-state index in [1.165, 1.54) is 19.2 Å². The molecule has 6 heteroatoms. The summed E-state index contributed by atoms with van der Waals surface area (Å²) >= 11 is 0. The zero-order valence-electron chi connectivity index (χ0n) is 9.62. The molecule has 1 aromatic carbocycles. The van der Waals surface area contributed by atoms with Gasteiger partial charge in [-0.25, -0.2) is 0 Å². The van der Waals surface area contributed by atoms with Gasteiger partial charge in [-0.1, -0.05) is 0 Å². The number of nitro benzene ring substituents is 1. The number of hydrogen-bond acceptors (Lipinski definition) is 5. The summed E-state index contributed by atoms with van der Waals surface area (Å²) in [6.45, 7) is -0.210. The van der Waals surface area contributed by atoms with E-state index >= 15 is 0 Å². The van der Waals surface area contributed by atoms with E-state index in [-0.39, 0.29) is 18.0 Å². The maximum Gasteiger partial charge on any atom is 0.311 e. The van der Waals surface area contributed by atoms with Crippen LogP contribution in [-0.4, -0.2) is 17.1 Å². The highest BCUT2D eigenvalue weighted by atomic mass is 16.6. The lowest BCUT2D eigenvalue weighted by Crippen LogP contribution is -1.93. The van der Waals surface area contributed by atoms with Crippen molar-refractivity contribution in [2.45, 2.75) is 6.61 Å². The number of nitro groups is 1. The second-order valence-corrected chi connectivity index (χ2v) is 3.57. The molecule has 1 aromatic heterocycles. The van der Waals surface area contributed by atoms with Crippen LogP contribution in [0.1, 0.15) is 5.76 Å². The fourth-order valence-electron chi connectivity index (χ4n) is 1.60. The molecule has 0 unspecified atom stereocenters. The Bertz CT molecular complexity index is 576. The topological polar surface area (TPSA) is 85.7 Å². The number of aliphatic hydroxyl groups excluding tert-OH is 1. The Kier molecular flexibility index (Phi) is 3.29. The predicted octanol–water partition coefficient (Wildman–Crippen LogP) is 2.36. The van der Waals surface area contributed by atoms with Crippen molar-refractivity contribution in [1.82, 2.24) is 0 Å². The van der Waals surface area contributed by atoms with Crippen molar-refractivity contribution >= 4 is 5.69 Å². The maximum atomic E-state index is 10.9. The van der Waals surface area contributed by atoms with Gasteiger partial charge in [-0.2, -0.15) is 0 Å². The number of nitrogens with zero attached hydrogens (tertiary/aromatic N) is 1. The highest BCUT2D eigenvalue weighted by Gasteiger charge is 2.17. The first-order chi connectivity index (χ1) is 8.65. The predicted molar refractivity (Wildman–Crippen MR) is 63.3 cm³/mol. The van der Waals surface area contributed by atoms with Crippen molar-refractivity contribution < 1.29 is 19.2 Å². The van der Waals surface area contributed by atoms with Crippen LogP contribution in [0.2, 0.25) is 0 Å². The third kappa shape index (κ3) is 2.18. The molecule has 0 bridgehead atoms. The summed E-state index contributed by atoms with van der Waals surface area (Å²) in [6.07, 6.45) is 0. The molecule has 6 nitrogen and oxygen atoms in total. The minimum Gasteiger partial charge on any atom is -0.490 e. The number of furan rings is 1. The molecular formula is C12H11NO5. The van der Waals surface area contributed by atoms with Gasteiger partial charge in [0.25, 0.3) is 0 Å². The number of methoxy groups -OCH3 is 1. The molecule has 0 aliphatic heterocycles. The molecule has 1 heterocycles. The summed E-state index contributed by atoms with van der Waals surface area (Å²) in [5.41, 5.74) is 0.430. The molecule has 0 saturated heterocycles. The van der Waals surface area contributed by atoms with Crippen molar-refractivity contribution in [2.75, 3.05) is 7.11 Å². The molecule has 0 aliphatic carbocycles. The summed E-state index contributed by atoms with van der Waals surface area (Å²) in [5.74, 6) is 1.06. The van der Waals surface area contributed by atoms with Crippen LogP contribution in [0.15, 0.2) is 34.7 Å². The standard InChI is InChI=1S/C12H11NO5/c1-17-12-4-2-8(6-10(12)13(15)16)11-5-3-9(7-14)18-11/h2-6,14H,7H2,1H3. The molecule has 0 atom stereocenters. The summed E-state index contributed by atoms with van der Waals surface area (Å²) in [7, 11) is 1.37. The lowest BCUT2D eigenvalue weighted by molar-refractivity contribution is -0.385. The third-order valence-corrected chi connectivity index (χ3v) is 2.48. The molecule has 0 fully saturated rings. The Morgan fingerprint density at radius 3 is 2.72 bits per heavy atom. The minimum atomic E-state index is -0.516. The van der Waals surface area contributed by atoms with Gasteiger partial charge in [-0.15, -0.1) is 0 Å². The van der Waals surface area contributed by atoms with Crippen molar-refractivity contribution in [3.05, 3.63) is 46.2 Å². The molecule has 2 rings (SSSR count). The van der Waals surface area contributed by atoms with Crippen LogP contribution in [0.25, 0.3) is 11.3 Å². The van der Waals surface area contributed by atoms with Gasteiger partial charge in [0.2, 0.25) is 0 Å². The number of rotatable bonds is 4. The molecule has 0 saturated carbocycles. The fourth-order valence-corrected chi connectivity index (χ4v) is 1.60. The van der Waals surface area contributed by atoms with Crippen LogP contribution in [0, 0.1) is 10.1 Å². The first-order valence-electron chi connectivity index (χ1n) is 5.18. The number of benzene rings is 1. The normalized spacial score (nSPS) is 10.3. The SMILES string of the molecule is COc1ccc(-c2ccc(CO)o2)cc1[N+](=O)[O-]. The van der Waals surface area contributed by atoms with Crippen LogP contribution in [0.4, 0.5) is 5.69 Å². The Morgan fingerprint density at radius 2 is 2.17 bits per heavy atom. The fraction of sp³-hybridized carbons (Fsp3) is 0.167. The van der Waals surface area contributed by atoms with Gasteiger partial charge < -0.3 is 14.3 Å². The number of hydrogen-bond donors (Lipinski definition) is 1. The van der Waals surface area contributed by atoms with Crippen LogP contribution in [-0.2, 0) is 6.61 Å². The van der Waals surface area contributed by atoms with Gasteiger partial charge in [0.15, 0.2) is 5.75 Å². The second-order valence-electron chi connectivity index (χ2n) is 3.57. The molecule has 94 valence electrons. The molecule has 0 aliphatic rings. The third-order valence-electron chi connectivity index (χ3n) is 2.48. The van der Waals surface area contributed by atoms with E-state index in [1.54, 1.807) is 18.2 Å². The molecular weight excluding hydrogens is 238 g/mol. The zero-order chi connectivity index (χ0) is 13.1. The highest BCUT2D eigenvalue weighted by Crippen LogP contribution is 2.32. The first kappa shape index (κ1) is 12.1. The van der Waals surface area contributed by atoms with Gasteiger partial charge in [0, 0.05) is 11.6 Å². The summed E-state index contributed by atoms with van der Waals surface area (Å²) in [6, 6.07) is 7.81. The molecule has 2 aromatic rings. The first-order valence-corrected chi connectivity index (χ1v) is 5.18. The molecule has 0 amide bonds. The second kappa shape index (κ2) is 4.89. The van der Waals surface area contributed by atoms with Crippen LogP contribution in [0.5, 0.6) is 5.75 Å². The molecule has 0 radical (unpaired) electrons. The van der Waals surface area contributed by atoms with Crippen LogP contribution >= 0.6 is 0 Å².